The Hall–Kier alpha value is -2.46. The van der Waals surface area contributed by atoms with Gasteiger partial charge in [0.15, 0.2) is 0 Å². The molecular formula is C21H19Cl2F3N2O4. The number of halogens is 5. The first kappa shape index (κ1) is 24.2. The van der Waals surface area contributed by atoms with Gasteiger partial charge in [0.2, 0.25) is 5.76 Å². The smallest absolute Gasteiger partial charge is 0.447 e. The standard InChI is InChI=1S/C21H19Cl2F3N2O4/c1-11-3-4-12(9-16(11)27-20(29)31-6-5-30-2)18-17(19(32-28-18)21(24,25)26)13-7-14(22)10-15(23)8-13/h3-4,7-10,18,28H,5-6H2,1-2H3,(H,27,29). The van der Waals surface area contributed by atoms with E-state index in [0.717, 1.165) is 0 Å². The van der Waals surface area contributed by atoms with E-state index in [1.54, 1.807) is 25.1 Å². The number of hydrogen-bond donors (Lipinski definition) is 2. The first-order valence-corrected chi connectivity index (χ1v) is 10.1. The second-order valence-electron chi connectivity index (χ2n) is 6.88. The lowest BCUT2D eigenvalue weighted by molar-refractivity contribution is -0.136. The SMILES string of the molecule is COCCOC(=O)Nc1cc(C2NOC(C(F)(F)F)=C2c2cc(Cl)cc(Cl)c2)ccc1C. The van der Waals surface area contributed by atoms with E-state index in [1.807, 2.05) is 0 Å². The molecule has 1 aliphatic heterocycles. The molecule has 1 heterocycles. The number of anilines is 1. The number of hydrogen-bond acceptors (Lipinski definition) is 5. The van der Waals surface area contributed by atoms with Crippen LogP contribution in [0, 0.1) is 6.92 Å². The third kappa shape index (κ3) is 5.66. The summed E-state index contributed by atoms with van der Waals surface area (Å²) < 4.78 is 50.8. The minimum absolute atomic E-state index is 0.0520. The van der Waals surface area contributed by atoms with Gasteiger partial charge in [-0.25, -0.2) is 4.79 Å². The van der Waals surface area contributed by atoms with Gasteiger partial charge in [-0.15, -0.1) is 5.48 Å². The molecule has 2 N–H and O–H groups in total. The number of aryl methyl sites for hydroxylation is 1. The summed E-state index contributed by atoms with van der Waals surface area (Å²) in [5, 5.41) is 2.94. The molecule has 0 saturated carbocycles. The van der Waals surface area contributed by atoms with E-state index in [2.05, 4.69) is 10.8 Å². The van der Waals surface area contributed by atoms with Crippen LogP contribution in [0.4, 0.5) is 23.7 Å². The van der Waals surface area contributed by atoms with Gasteiger partial charge in [-0.3, -0.25) is 5.32 Å². The topological polar surface area (TPSA) is 68.8 Å². The quantitative estimate of drug-likeness (QED) is 0.482. The summed E-state index contributed by atoms with van der Waals surface area (Å²) in [6.07, 6.45) is -5.48. The molecule has 1 amide bonds. The van der Waals surface area contributed by atoms with Gasteiger partial charge < -0.3 is 14.3 Å². The zero-order valence-electron chi connectivity index (χ0n) is 17.0. The fraction of sp³-hybridized carbons (Fsp3) is 0.286. The maximum atomic E-state index is 13.7. The molecule has 11 heteroatoms. The first-order chi connectivity index (χ1) is 15.1. The average Bonchev–Trinajstić information content (AvgIpc) is 3.15. The number of benzene rings is 2. The summed E-state index contributed by atoms with van der Waals surface area (Å²) >= 11 is 12.0. The van der Waals surface area contributed by atoms with Crippen LogP contribution in [0.1, 0.15) is 22.7 Å². The zero-order valence-corrected chi connectivity index (χ0v) is 18.5. The predicted octanol–water partition coefficient (Wildman–Crippen LogP) is 6.05. The van der Waals surface area contributed by atoms with Crippen molar-refractivity contribution in [3.05, 3.63) is 68.9 Å². The molecule has 2 aromatic rings. The third-order valence-electron chi connectivity index (χ3n) is 4.60. The fourth-order valence-electron chi connectivity index (χ4n) is 3.13. The molecule has 2 aromatic carbocycles. The Bertz CT molecular complexity index is 1020. The highest BCUT2D eigenvalue weighted by molar-refractivity contribution is 6.34. The van der Waals surface area contributed by atoms with Crippen LogP contribution in [0.25, 0.3) is 5.57 Å². The number of alkyl halides is 3. The molecule has 6 nitrogen and oxygen atoms in total. The van der Waals surface area contributed by atoms with E-state index in [0.29, 0.717) is 16.8 Å². The Labute approximate surface area is 192 Å². The van der Waals surface area contributed by atoms with E-state index in [1.165, 1.54) is 25.3 Å². The summed E-state index contributed by atoms with van der Waals surface area (Å²) in [6, 6.07) is 7.99. The van der Waals surface area contributed by atoms with Crippen molar-refractivity contribution in [3.8, 4) is 0 Å². The lowest BCUT2D eigenvalue weighted by Gasteiger charge is -2.17. The fourth-order valence-corrected chi connectivity index (χ4v) is 3.66. The molecule has 1 aliphatic rings. The maximum Gasteiger partial charge on any atom is 0.451 e. The number of methoxy groups -OCH3 is 1. The summed E-state index contributed by atoms with van der Waals surface area (Å²) in [5.74, 6) is -1.20. The molecule has 32 heavy (non-hydrogen) atoms. The number of hydroxylamine groups is 1. The van der Waals surface area contributed by atoms with Crippen LogP contribution < -0.4 is 10.8 Å². The number of carbonyl (C=O) groups is 1. The Morgan fingerprint density at radius 2 is 1.84 bits per heavy atom. The maximum absolute atomic E-state index is 13.7. The van der Waals surface area contributed by atoms with E-state index in [4.69, 9.17) is 37.5 Å². The second kappa shape index (κ2) is 9.99. The Morgan fingerprint density at radius 1 is 1.16 bits per heavy atom. The molecule has 0 bridgehead atoms. The third-order valence-corrected chi connectivity index (χ3v) is 5.03. The first-order valence-electron chi connectivity index (χ1n) is 9.33. The number of allylic oxidation sites excluding steroid dienone is 1. The Morgan fingerprint density at radius 3 is 2.47 bits per heavy atom. The van der Waals surface area contributed by atoms with Gasteiger partial charge in [-0.2, -0.15) is 13.2 Å². The molecular weight excluding hydrogens is 472 g/mol. The minimum atomic E-state index is -4.76. The van der Waals surface area contributed by atoms with Crippen LogP contribution in [0.3, 0.4) is 0 Å². The van der Waals surface area contributed by atoms with E-state index < -0.39 is 24.1 Å². The normalized spacial score (nSPS) is 16.2. The molecule has 1 atom stereocenters. The van der Waals surface area contributed by atoms with Crippen molar-refractivity contribution in [1.82, 2.24) is 5.48 Å². The molecule has 0 radical (unpaired) electrons. The second-order valence-corrected chi connectivity index (χ2v) is 7.75. The van der Waals surface area contributed by atoms with Gasteiger partial charge in [0.05, 0.1) is 12.6 Å². The van der Waals surface area contributed by atoms with Crippen molar-refractivity contribution in [1.29, 1.82) is 0 Å². The van der Waals surface area contributed by atoms with Crippen molar-refractivity contribution in [2.45, 2.75) is 19.1 Å². The van der Waals surface area contributed by atoms with Gasteiger partial charge in [-0.05, 0) is 47.9 Å². The van der Waals surface area contributed by atoms with Crippen LogP contribution in [0.2, 0.25) is 10.0 Å². The van der Waals surface area contributed by atoms with E-state index in [9.17, 15) is 18.0 Å². The summed E-state index contributed by atoms with van der Waals surface area (Å²) in [7, 11) is 1.47. The zero-order chi connectivity index (χ0) is 23.5. The lowest BCUT2D eigenvalue weighted by Crippen LogP contribution is -2.19. The highest BCUT2D eigenvalue weighted by atomic mass is 35.5. The molecule has 172 valence electrons. The summed E-state index contributed by atoms with van der Waals surface area (Å²) in [5.41, 5.74) is 3.85. The van der Waals surface area contributed by atoms with Gasteiger partial charge in [0.1, 0.15) is 6.61 Å². The Kier molecular flexibility index (Phi) is 7.55. The monoisotopic (exact) mass is 490 g/mol. The Balaban J connectivity index is 1.99. The van der Waals surface area contributed by atoms with Crippen LogP contribution in [-0.4, -0.2) is 32.6 Å². The minimum Gasteiger partial charge on any atom is -0.447 e. The molecule has 0 aliphatic carbocycles. The largest absolute Gasteiger partial charge is 0.451 e. The van der Waals surface area contributed by atoms with E-state index >= 15 is 0 Å². The number of ether oxygens (including phenoxy) is 2. The van der Waals surface area contributed by atoms with Crippen LogP contribution >= 0.6 is 23.2 Å². The van der Waals surface area contributed by atoms with Crippen molar-refractivity contribution in [3.63, 3.8) is 0 Å². The number of nitrogens with one attached hydrogen (secondary N) is 2. The van der Waals surface area contributed by atoms with Crippen LogP contribution in [0.15, 0.2) is 42.2 Å². The van der Waals surface area contributed by atoms with Gasteiger partial charge in [0, 0.05) is 28.4 Å². The van der Waals surface area contributed by atoms with Crippen molar-refractivity contribution < 1.29 is 32.3 Å². The van der Waals surface area contributed by atoms with Gasteiger partial charge in [0.25, 0.3) is 0 Å². The molecule has 0 spiro atoms. The molecule has 0 fully saturated rings. The van der Waals surface area contributed by atoms with Gasteiger partial charge >= 0.3 is 12.3 Å². The molecule has 0 aromatic heterocycles. The summed E-state index contributed by atoms with van der Waals surface area (Å²) in [4.78, 5) is 16.8. The number of rotatable bonds is 6. The van der Waals surface area contributed by atoms with Crippen molar-refractivity contribution in [2.24, 2.45) is 0 Å². The van der Waals surface area contributed by atoms with Crippen molar-refractivity contribution in [2.75, 3.05) is 25.6 Å². The molecule has 0 saturated heterocycles. The predicted molar refractivity (Wildman–Crippen MR) is 114 cm³/mol. The van der Waals surface area contributed by atoms with E-state index in [-0.39, 0.29) is 34.4 Å². The summed E-state index contributed by atoms with van der Waals surface area (Å²) in [6.45, 7) is 2.02. The number of amides is 1. The lowest BCUT2D eigenvalue weighted by atomic mass is 9.92. The van der Waals surface area contributed by atoms with Gasteiger partial charge in [-0.1, -0.05) is 35.3 Å². The van der Waals surface area contributed by atoms with Crippen LogP contribution in [-0.2, 0) is 14.3 Å². The highest BCUT2D eigenvalue weighted by Gasteiger charge is 2.46. The van der Waals surface area contributed by atoms with Crippen molar-refractivity contribution >= 4 is 40.6 Å². The average molecular weight is 491 g/mol. The van der Waals surface area contributed by atoms with Crippen LogP contribution in [0.5, 0.6) is 0 Å². The number of carbonyl (C=O) groups excluding carboxylic acids is 1. The highest BCUT2D eigenvalue weighted by Crippen LogP contribution is 2.45. The molecule has 1 unspecified atom stereocenters. The molecule has 3 rings (SSSR count).